The van der Waals surface area contributed by atoms with Crippen molar-refractivity contribution in [1.29, 1.82) is 0 Å². The highest BCUT2D eigenvalue weighted by atomic mass is 35.5. The smallest absolute Gasteiger partial charge is 0.0451 e. The lowest BCUT2D eigenvalue weighted by Crippen LogP contribution is -2.63. The van der Waals surface area contributed by atoms with Crippen molar-refractivity contribution in [1.82, 2.24) is 10.2 Å². The van der Waals surface area contributed by atoms with E-state index in [1.54, 1.807) is 0 Å². The van der Waals surface area contributed by atoms with Gasteiger partial charge in [-0.1, -0.05) is 29.8 Å². The molecule has 0 amide bonds. The first-order valence-electron chi connectivity index (χ1n) is 7.31. The van der Waals surface area contributed by atoms with Gasteiger partial charge < -0.3 is 5.32 Å². The van der Waals surface area contributed by atoms with Crippen LogP contribution in [0, 0.1) is 5.92 Å². The number of halogens is 1. The molecule has 2 nitrogen and oxygen atoms in total. The zero-order chi connectivity index (χ0) is 13.5. The SMILES string of the molecule is CC1CN(Cc2ccccc2Cl)C(C)(C2CC2)CN1. The first-order chi connectivity index (χ1) is 9.09. The van der Waals surface area contributed by atoms with Crippen LogP contribution in [0.3, 0.4) is 0 Å². The number of hydrogen-bond donors (Lipinski definition) is 1. The van der Waals surface area contributed by atoms with Gasteiger partial charge in [-0.15, -0.1) is 0 Å². The molecule has 2 unspecified atom stereocenters. The Hall–Kier alpha value is -0.570. The van der Waals surface area contributed by atoms with Crippen LogP contribution in [0.4, 0.5) is 0 Å². The molecule has 1 aliphatic heterocycles. The van der Waals surface area contributed by atoms with Crippen LogP contribution in [0.15, 0.2) is 24.3 Å². The summed E-state index contributed by atoms with van der Waals surface area (Å²) in [5, 5.41) is 4.54. The van der Waals surface area contributed by atoms with Crippen molar-refractivity contribution in [2.75, 3.05) is 13.1 Å². The van der Waals surface area contributed by atoms with E-state index in [2.05, 4.69) is 36.2 Å². The fraction of sp³-hybridized carbons (Fsp3) is 0.625. The van der Waals surface area contributed by atoms with Crippen LogP contribution in [-0.4, -0.2) is 29.6 Å². The Kier molecular flexibility index (Phi) is 3.59. The topological polar surface area (TPSA) is 15.3 Å². The normalized spacial score (nSPS) is 32.5. The minimum Gasteiger partial charge on any atom is -0.311 e. The van der Waals surface area contributed by atoms with Gasteiger partial charge in [-0.05, 0) is 44.2 Å². The van der Waals surface area contributed by atoms with E-state index >= 15 is 0 Å². The average molecular weight is 279 g/mol. The first kappa shape index (κ1) is 13.4. The fourth-order valence-corrected chi connectivity index (χ4v) is 3.48. The Morgan fingerprint density at radius 2 is 2.11 bits per heavy atom. The van der Waals surface area contributed by atoms with E-state index in [4.69, 9.17) is 11.6 Å². The molecule has 0 spiro atoms. The van der Waals surface area contributed by atoms with Gasteiger partial charge in [0.05, 0.1) is 0 Å². The van der Waals surface area contributed by atoms with E-state index in [0.29, 0.717) is 11.6 Å². The summed E-state index contributed by atoms with van der Waals surface area (Å²) >= 11 is 6.33. The summed E-state index contributed by atoms with van der Waals surface area (Å²) in [6.07, 6.45) is 2.76. The zero-order valence-electron chi connectivity index (χ0n) is 11.8. The summed E-state index contributed by atoms with van der Waals surface area (Å²) in [4.78, 5) is 2.65. The maximum atomic E-state index is 6.33. The summed E-state index contributed by atoms with van der Waals surface area (Å²) in [6.45, 7) is 7.87. The van der Waals surface area contributed by atoms with Gasteiger partial charge in [0, 0.05) is 36.2 Å². The van der Waals surface area contributed by atoms with Crippen LogP contribution in [0.5, 0.6) is 0 Å². The van der Waals surface area contributed by atoms with Gasteiger partial charge in [-0.3, -0.25) is 4.90 Å². The second-order valence-corrected chi connectivity index (χ2v) is 6.79. The van der Waals surface area contributed by atoms with E-state index in [9.17, 15) is 0 Å². The lowest BCUT2D eigenvalue weighted by Gasteiger charge is -2.48. The van der Waals surface area contributed by atoms with Gasteiger partial charge in [-0.25, -0.2) is 0 Å². The molecule has 1 aromatic rings. The third kappa shape index (κ3) is 2.67. The van der Waals surface area contributed by atoms with Crippen molar-refractivity contribution < 1.29 is 0 Å². The van der Waals surface area contributed by atoms with E-state index in [0.717, 1.165) is 30.6 Å². The molecule has 0 radical (unpaired) electrons. The third-order valence-corrected chi connectivity index (χ3v) is 5.17. The van der Waals surface area contributed by atoms with Gasteiger partial charge in [0.1, 0.15) is 0 Å². The molecule has 1 aromatic carbocycles. The molecule has 1 aliphatic carbocycles. The molecule has 104 valence electrons. The molecule has 1 saturated heterocycles. The molecule has 19 heavy (non-hydrogen) atoms. The molecular formula is C16H23ClN2. The molecule has 2 fully saturated rings. The molecular weight excluding hydrogens is 256 g/mol. The maximum absolute atomic E-state index is 6.33. The molecule has 2 aliphatic rings. The largest absolute Gasteiger partial charge is 0.311 e. The van der Waals surface area contributed by atoms with Crippen LogP contribution in [0.2, 0.25) is 5.02 Å². The van der Waals surface area contributed by atoms with Gasteiger partial charge in [0.15, 0.2) is 0 Å². The highest BCUT2D eigenvalue weighted by molar-refractivity contribution is 6.31. The summed E-state index contributed by atoms with van der Waals surface area (Å²) in [6, 6.07) is 8.81. The van der Waals surface area contributed by atoms with Crippen LogP contribution in [0.25, 0.3) is 0 Å². The van der Waals surface area contributed by atoms with Crippen molar-refractivity contribution in [3.05, 3.63) is 34.9 Å². The number of piperazine rings is 1. The Bertz CT molecular complexity index is 458. The van der Waals surface area contributed by atoms with E-state index in [-0.39, 0.29) is 0 Å². The molecule has 3 rings (SSSR count). The van der Waals surface area contributed by atoms with Crippen LogP contribution in [0.1, 0.15) is 32.3 Å². The summed E-state index contributed by atoms with van der Waals surface area (Å²) < 4.78 is 0. The second kappa shape index (κ2) is 5.08. The molecule has 3 heteroatoms. The fourth-order valence-electron chi connectivity index (χ4n) is 3.28. The van der Waals surface area contributed by atoms with Gasteiger partial charge in [0.25, 0.3) is 0 Å². The van der Waals surface area contributed by atoms with Crippen LogP contribution >= 0.6 is 11.6 Å². The van der Waals surface area contributed by atoms with Gasteiger partial charge >= 0.3 is 0 Å². The molecule has 0 aromatic heterocycles. The number of rotatable bonds is 3. The van der Waals surface area contributed by atoms with E-state index in [1.165, 1.54) is 18.4 Å². The van der Waals surface area contributed by atoms with Crippen molar-refractivity contribution in [3.63, 3.8) is 0 Å². The minimum absolute atomic E-state index is 0.297. The number of hydrogen-bond acceptors (Lipinski definition) is 2. The number of nitrogens with one attached hydrogen (secondary N) is 1. The average Bonchev–Trinajstić information content (AvgIpc) is 3.21. The van der Waals surface area contributed by atoms with E-state index in [1.807, 2.05) is 12.1 Å². The lowest BCUT2D eigenvalue weighted by molar-refractivity contribution is 0.0312. The van der Waals surface area contributed by atoms with Crippen molar-refractivity contribution in [3.8, 4) is 0 Å². The van der Waals surface area contributed by atoms with Crippen molar-refractivity contribution >= 4 is 11.6 Å². The Labute approximate surface area is 121 Å². The summed E-state index contributed by atoms with van der Waals surface area (Å²) in [5.41, 5.74) is 1.55. The molecule has 1 N–H and O–H groups in total. The summed E-state index contributed by atoms with van der Waals surface area (Å²) in [7, 11) is 0. The van der Waals surface area contributed by atoms with Crippen molar-refractivity contribution in [2.24, 2.45) is 5.92 Å². The minimum atomic E-state index is 0.297. The lowest BCUT2D eigenvalue weighted by atomic mass is 9.89. The standard InChI is InChI=1S/C16H23ClN2/c1-12-9-19(10-13-5-3-4-6-15(13)17)16(2,11-18-12)14-7-8-14/h3-6,12,14,18H,7-11H2,1-2H3. The highest BCUT2D eigenvalue weighted by Crippen LogP contribution is 2.44. The number of nitrogens with zero attached hydrogens (tertiary/aromatic N) is 1. The van der Waals surface area contributed by atoms with Gasteiger partial charge in [0.2, 0.25) is 0 Å². The monoisotopic (exact) mass is 278 g/mol. The number of benzene rings is 1. The summed E-state index contributed by atoms with van der Waals surface area (Å²) in [5.74, 6) is 0.856. The second-order valence-electron chi connectivity index (χ2n) is 6.39. The molecule has 0 bridgehead atoms. The predicted molar refractivity (Wildman–Crippen MR) is 80.5 cm³/mol. The predicted octanol–water partition coefficient (Wildman–Crippen LogP) is 3.30. The highest BCUT2D eigenvalue weighted by Gasteiger charge is 2.47. The third-order valence-electron chi connectivity index (χ3n) is 4.80. The quantitative estimate of drug-likeness (QED) is 0.913. The Morgan fingerprint density at radius 3 is 2.79 bits per heavy atom. The zero-order valence-corrected chi connectivity index (χ0v) is 12.6. The first-order valence-corrected chi connectivity index (χ1v) is 7.69. The van der Waals surface area contributed by atoms with Crippen LogP contribution in [-0.2, 0) is 6.54 Å². The Morgan fingerprint density at radius 1 is 1.37 bits per heavy atom. The maximum Gasteiger partial charge on any atom is 0.0451 e. The van der Waals surface area contributed by atoms with E-state index < -0.39 is 0 Å². The van der Waals surface area contributed by atoms with Crippen molar-refractivity contribution in [2.45, 2.75) is 44.8 Å². The molecule has 2 atom stereocenters. The molecule has 1 saturated carbocycles. The Balaban J connectivity index is 1.81. The van der Waals surface area contributed by atoms with Gasteiger partial charge in [-0.2, -0.15) is 0 Å². The molecule has 1 heterocycles. The van der Waals surface area contributed by atoms with Crippen LogP contribution < -0.4 is 5.32 Å².